The minimum atomic E-state index is -1.17. The second kappa shape index (κ2) is 8.18. The predicted molar refractivity (Wildman–Crippen MR) is 101 cm³/mol. The molecule has 2 aromatic rings. The molecule has 2 N–H and O–H groups in total. The number of amides is 1. The van der Waals surface area contributed by atoms with Crippen molar-refractivity contribution in [2.75, 3.05) is 6.54 Å². The van der Waals surface area contributed by atoms with Gasteiger partial charge in [0.1, 0.15) is 5.75 Å². The Kier molecular flexibility index (Phi) is 5.71. The largest absolute Gasteiger partial charge is 0.535 e. The molecule has 0 fully saturated rings. The van der Waals surface area contributed by atoms with Crippen LogP contribution in [-0.2, 0) is 11.2 Å². The van der Waals surface area contributed by atoms with E-state index in [1.165, 1.54) is 6.92 Å². The van der Waals surface area contributed by atoms with Crippen molar-refractivity contribution in [3.05, 3.63) is 65.2 Å². The van der Waals surface area contributed by atoms with Gasteiger partial charge in [0.05, 0.1) is 12.1 Å². The zero-order valence-electron chi connectivity index (χ0n) is 15.0. The maximum Gasteiger partial charge on any atom is 0.526 e. The number of ketones is 2. The normalized spacial score (nSPS) is 15.5. The first-order chi connectivity index (χ1) is 13.0. The van der Waals surface area contributed by atoms with Crippen molar-refractivity contribution in [2.45, 2.75) is 25.6 Å². The zero-order valence-corrected chi connectivity index (χ0v) is 15.0. The van der Waals surface area contributed by atoms with Gasteiger partial charge in [-0.2, -0.15) is 0 Å². The van der Waals surface area contributed by atoms with E-state index in [4.69, 9.17) is 4.65 Å². The van der Waals surface area contributed by atoms with Gasteiger partial charge >= 0.3 is 7.12 Å². The standard InChI is InChI=1S/C20H20BNO5/c1-13(23)18-9-5-8-15-10-16(21(26)27-19(15)18)11-17(24)12-22-20(25)14-6-3-2-4-7-14/h2-9,16,26H,10-12H2,1H3,(H,22,25)/t16-/m1/s1. The van der Waals surface area contributed by atoms with Crippen molar-refractivity contribution in [3.63, 3.8) is 0 Å². The summed E-state index contributed by atoms with van der Waals surface area (Å²) in [5, 5.41) is 12.8. The predicted octanol–water partition coefficient (Wildman–Crippen LogP) is 2.06. The summed E-state index contributed by atoms with van der Waals surface area (Å²) >= 11 is 0. The van der Waals surface area contributed by atoms with Crippen LogP contribution in [0.1, 0.15) is 39.6 Å². The van der Waals surface area contributed by atoms with E-state index < -0.39 is 12.9 Å². The van der Waals surface area contributed by atoms with Gasteiger partial charge < -0.3 is 15.0 Å². The monoisotopic (exact) mass is 365 g/mol. The van der Waals surface area contributed by atoms with Crippen LogP contribution in [0, 0.1) is 0 Å². The second-order valence-electron chi connectivity index (χ2n) is 6.61. The Bertz CT molecular complexity index is 868. The average molecular weight is 365 g/mol. The van der Waals surface area contributed by atoms with Gasteiger partial charge in [-0.05, 0) is 37.1 Å². The molecule has 0 spiro atoms. The lowest BCUT2D eigenvalue weighted by Gasteiger charge is -2.28. The minimum Gasteiger partial charge on any atom is -0.535 e. The minimum absolute atomic E-state index is 0.0694. The number of hydrogen-bond acceptors (Lipinski definition) is 5. The molecule has 0 radical (unpaired) electrons. The Morgan fingerprint density at radius 2 is 1.89 bits per heavy atom. The van der Waals surface area contributed by atoms with E-state index in [9.17, 15) is 19.4 Å². The van der Waals surface area contributed by atoms with Crippen LogP contribution in [0.25, 0.3) is 0 Å². The highest BCUT2D eigenvalue weighted by Gasteiger charge is 2.37. The van der Waals surface area contributed by atoms with Crippen molar-refractivity contribution >= 4 is 24.6 Å². The molecule has 138 valence electrons. The van der Waals surface area contributed by atoms with E-state index in [0.29, 0.717) is 23.3 Å². The fraction of sp³-hybridized carbons (Fsp3) is 0.250. The molecule has 1 atom stereocenters. The number of hydrogen-bond donors (Lipinski definition) is 2. The lowest BCUT2D eigenvalue weighted by atomic mass is 9.64. The van der Waals surface area contributed by atoms with Gasteiger partial charge in [-0.3, -0.25) is 14.4 Å². The molecule has 1 heterocycles. The summed E-state index contributed by atoms with van der Waals surface area (Å²) in [5.41, 5.74) is 1.70. The van der Waals surface area contributed by atoms with Crippen molar-refractivity contribution < 1.29 is 24.1 Å². The summed E-state index contributed by atoms with van der Waals surface area (Å²) in [4.78, 5) is 35.9. The Balaban J connectivity index is 1.59. The summed E-state index contributed by atoms with van der Waals surface area (Å²) in [5.74, 6) is -0.699. The maximum absolute atomic E-state index is 12.2. The van der Waals surface area contributed by atoms with Gasteiger partial charge in [0.15, 0.2) is 11.6 Å². The SMILES string of the molecule is CC(=O)c1cccc2c1OB(O)[C@@H](CC(=O)CNC(=O)c1ccccc1)C2. The molecule has 0 saturated carbocycles. The molecule has 0 saturated heterocycles. The van der Waals surface area contributed by atoms with Crippen LogP contribution in [0.4, 0.5) is 0 Å². The van der Waals surface area contributed by atoms with Crippen molar-refractivity contribution in [1.82, 2.24) is 5.32 Å². The van der Waals surface area contributed by atoms with E-state index in [1.54, 1.807) is 36.4 Å². The van der Waals surface area contributed by atoms with Crippen molar-refractivity contribution in [2.24, 2.45) is 0 Å². The lowest BCUT2D eigenvalue weighted by molar-refractivity contribution is -0.118. The Labute approximate surface area is 157 Å². The fourth-order valence-corrected chi connectivity index (χ4v) is 3.17. The van der Waals surface area contributed by atoms with E-state index in [-0.39, 0.29) is 30.4 Å². The summed E-state index contributed by atoms with van der Waals surface area (Å²) in [6.45, 7) is 1.33. The van der Waals surface area contributed by atoms with Crippen LogP contribution in [0.15, 0.2) is 48.5 Å². The zero-order chi connectivity index (χ0) is 19.4. The van der Waals surface area contributed by atoms with Crippen LogP contribution < -0.4 is 9.97 Å². The van der Waals surface area contributed by atoms with E-state index >= 15 is 0 Å². The molecule has 6 nitrogen and oxygen atoms in total. The number of benzene rings is 2. The van der Waals surface area contributed by atoms with E-state index in [0.717, 1.165) is 5.56 Å². The van der Waals surface area contributed by atoms with Crippen LogP contribution in [-0.4, -0.2) is 36.2 Å². The van der Waals surface area contributed by atoms with Crippen molar-refractivity contribution in [1.29, 1.82) is 0 Å². The first-order valence-corrected chi connectivity index (χ1v) is 8.78. The fourth-order valence-electron chi connectivity index (χ4n) is 3.17. The Morgan fingerprint density at radius 3 is 2.59 bits per heavy atom. The molecule has 0 unspecified atom stereocenters. The van der Waals surface area contributed by atoms with Gasteiger partial charge in [-0.15, -0.1) is 0 Å². The van der Waals surface area contributed by atoms with E-state index in [1.807, 2.05) is 12.1 Å². The molecule has 1 aliphatic heterocycles. The third kappa shape index (κ3) is 4.43. The molecular formula is C20H20BNO5. The first-order valence-electron chi connectivity index (χ1n) is 8.78. The van der Waals surface area contributed by atoms with Crippen LogP contribution in [0.3, 0.4) is 0 Å². The van der Waals surface area contributed by atoms with Crippen molar-refractivity contribution in [3.8, 4) is 5.75 Å². The second-order valence-corrected chi connectivity index (χ2v) is 6.61. The molecular weight excluding hydrogens is 345 g/mol. The summed E-state index contributed by atoms with van der Waals surface area (Å²) in [6.07, 6.45) is 0.496. The van der Waals surface area contributed by atoms with E-state index in [2.05, 4.69) is 5.32 Å². The molecule has 0 bridgehead atoms. The summed E-state index contributed by atoms with van der Waals surface area (Å²) < 4.78 is 5.53. The summed E-state index contributed by atoms with van der Waals surface area (Å²) in [6, 6.07) is 13.9. The Morgan fingerprint density at radius 1 is 1.15 bits per heavy atom. The summed E-state index contributed by atoms with van der Waals surface area (Å²) in [7, 11) is -1.17. The third-order valence-corrected chi connectivity index (χ3v) is 4.57. The molecule has 1 amide bonds. The number of fused-ring (bicyclic) bond motifs is 1. The van der Waals surface area contributed by atoms with Gasteiger partial charge in [0.2, 0.25) is 0 Å². The smallest absolute Gasteiger partial charge is 0.526 e. The van der Waals surface area contributed by atoms with Gasteiger partial charge in [0, 0.05) is 17.8 Å². The number of carbonyl (C=O) groups excluding carboxylic acids is 3. The molecule has 7 heteroatoms. The number of nitrogens with one attached hydrogen (secondary N) is 1. The third-order valence-electron chi connectivity index (χ3n) is 4.57. The maximum atomic E-state index is 12.2. The molecule has 1 aliphatic rings. The van der Waals surface area contributed by atoms with Crippen LogP contribution in [0.2, 0.25) is 5.82 Å². The number of rotatable bonds is 6. The van der Waals surface area contributed by atoms with Crippen LogP contribution in [0.5, 0.6) is 5.75 Å². The number of carbonyl (C=O) groups is 3. The molecule has 0 aliphatic carbocycles. The first kappa shape index (κ1) is 18.9. The topological polar surface area (TPSA) is 92.7 Å². The van der Waals surface area contributed by atoms with Crippen LogP contribution >= 0.6 is 0 Å². The molecule has 2 aromatic carbocycles. The highest BCUT2D eigenvalue weighted by Crippen LogP contribution is 2.36. The highest BCUT2D eigenvalue weighted by atomic mass is 16.5. The van der Waals surface area contributed by atoms with Gasteiger partial charge in [-0.25, -0.2) is 0 Å². The highest BCUT2D eigenvalue weighted by molar-refractivity contribution is 6.47. The van der Waals surface area contributed by atoms with Gasteiger partial charge in [-0.1, -0.05) is 30.3 Å². The molecule has 0 aromatic heterocycles. The molecule has 27 heavy (non-hydrogen) atoms. The van der Waals surface area contributed by atoms with Gasteiger partial charge in [0.25, 0.3) is 5.91 Å². The Hall–Kier alpha value is -2.93. The number of para-hydroxylation sites is 1. The quantitative estimate of drug-likeness (QED) is 0.604. The lowest BCUT2D eigenvalue weighted by Crippen LogP contribution is -2.37. The average Bonchev–Trinajstić information content (AvgIpc) is 2.66. The molecule has 3 rings (SSSR count). The number of Topliss-reactive ketones (excluding diaryl/α,β-unsaturated/α-hetero) is 2.